The van der Waals surface area contributed by atoms with Crippen LogP contribution in [0.1, 0.15) is 77.6 Å². The van der Waals surface area contributed by atoms with E-state index in [0.717, 1.165) is 12.8 Å². The van der Waals surface area contributed by atoms with Gasteiger partial charge in [-0.3, -0.25) is 0 Å². The number of rotatable bonds is 17. The molecule has 146 valence electrons. The van der Waals surface area contributed by atoms with Crippen molar-refractivity contribution in [1.82, 2.24) is 0 Å². The first kappa shape index (κ1) is 23.8. The number of ether oxygens (including phenoxy) is 1. The number of unbranched alkanes of at least 4 members (excludes halogenated alkanes) is 10. The van der Waals surface area contributed by atoms with Crippen molar-refractivity contribution >= 4 is 0 Å². The highest BCUT2D eigenvalue weighted by atomic mass is 16.5. The minimum atomic E-state index is -0.921. The third-order valence-corrected chi connectivity index (χ3v) is 4.61. The molecule has 0 fully saturated rings. The van der Waals surface area contributed by atoms with E-state index in [1.165, 1.54) is 71.9 Å². The molecule has 0 rings (SSSR count). The van der Waals surface area contributed by atoms with Gasteiger partial charge in [-0.1, -0.05) is 71.1 Å². The van der Waals surface area contributed by atoms with Crippen LogP contribution in [-0.4, -0.2) is 60.9 Å². The first-order valence-corrected chi connectivity index (χ1v) is 9.84. The molecule has 0 aromatic heterocycles. The molecule has 0 amide bonds. The van der Waals surface area contributed by atoms with Gasteiger partial charge in [0.2, 0.25) is 0 Å². The van der Waals surface area contributed by atoms with Crippen molar-refractivity contribution in [3.63, 3.8) is 0 Å². The van der Waals surface area contributed by atoms with Gasteiger partial charge in [0, 0.05) is 6.61 Å². The van der Waals surface area contributed by atoms with Gasteiger partial charge in [-0.15, -0.1) is 0 Å². The molecule has 0 spiro atoms. The van der Waals surface area contributed by atoms with Gasteiger partial charge in [-0.05, 0) is 6.42 Å². The summed E-state index contributed by atoms with van der Waals surface area (Å²) < 4.78 is 4.74. The van der Waals surface area contributed by atoms with Crippen molar-refractivity contribution in [3.05, 3.63) is 5.21 Å². The zero-order valence-electron chi connectivity index (χ0n) is 16.2. The predicted molar refractivity (Wildman–Crippen MR) is 99.6 cm³/mol. The zero-order chi connectivity index (χ0) is 18.3. The zero-order valence-corrected chi connectivity index (χ0v) is 16.2. The number of hydrogen-bond acceptors (Lipinski definition) is 4. The van der Waals surface area contributed by atoms with Crippen molar-refractivity contribution in [3.8, 4) is 0 Å². The Bertz CT molecular complexity index is 269. The predicted octanol–water partition coefficient (Wildman–Crippen LogP) is 3.61. The molecule has 0 saturated heterocycles. The van der Waals surface area contributed by atoms with Gasteiger partial charge in [-0.25, -0.2) is 0 Å². The number of hydrogen-bond donors (Lipinski definition) is 2. The maximum Gasteiger partial charge on any atom is 0.140 e. The maximum atomic E-state index is 11.8. The Morgan fingerprint density at radius 2 is 1.33 bits per heavy atom. The molecule has 0 aliphatic carbocycles. The second kappa shape index (κ2) is 15.1. The van der Waals surface area contributed by atoms with Crippen LogP contribution in [0, 0.1) is 5.21 Å². The minimum absolute atomic E-state index is 0.118. The summed E-state index contributed by atoms with van der Waals surface area (Å²) in [5.41, 5.74) is 0. The Kier molecular flexibility index (Phi) is 15.0. The Balaban J connectivity index is 3.39. The van der Waals surface area contributed by atoms with Crippen LogP contribution in [-0.2, 0) is 4.74 Å². The summed E-state index contributed by atoms with van der Waals surface area (Å²) in [6.45, 7) is 2.64. The van der Waals surface area contributed by atoms with E-state index in [0.29, 0.717) is 6.61 Å². The van der Waals surface area contributed by atoms with Crippen LogP contribution in [0.4, 0.5) is 0 Å². The van der Waals surface area contributed by atoms with Crippen LogP contribution < -0.4 is 0 Å². The molecule has 2 atom stereocenters. The minimum Gasteiger partial charge on any atom is -0.633 e. The fourth-order valence-corrected chi connectivity index (χ4v) is 2.92. The smallest absolute Gasteiger partial charge is 0.140 e. The molecule has 24 heavy (non-hydrogen) atoms. The van der Waals surface area contributed by atoms with Crippen LogP contribution in [0.15, 0.2) is 0 Å². The second-order valence-corrected chi connectivity index (χ2v) is 7.36. The molecular weight excluding hydrogens is 306 g/mol. The van der Waals surface area contributed by atoms with Gasteiger partial charge in [-0.2, -0.15) is 0 Å². The highest BCUT2D eigenvalue weighted by Gasteiger charge is 2.28. The summed E-state index contributed by atoms with van der Waals surface area (Å²) in [6.07, 6.45) is 13.3. The SMILES string of the molecule is CCCCCCCCCCCCCOCC(O)C(CO)[N+](C)(C)[O-]. The van der Waals surface area contributed by atoms with E-state index >= 15 is 0 Å². The monoisotopic (exact) mass is 347 g/mol. The third-order valence-electron chi connectivity index (χ3n) is 4.61. The molecule has 0 aliphatic rings. The first-order valence-electron chi connectivity index (χ1n) is 9.84. The summed E-state index contributed by atoms with van der Waals surface area (Å²) in [5, 5.41) is 30.9. The van der Waals surface area contributed by atoms with Crippen molar-refractivity contribution in [2.24, 2.45) is 0 Å². The molecule has 5 nitrogen and oxygen atoms in total. The van der Waals surface area contributed by atoms with Crippen LogP contribution in [0.2, 0.25) is 0 Å². The lowest BCUT2D eigenvalue weighted by Crippen LogP contribution is -2.53. The van der Waals surface area contributed by atoms with Gasteiger partial charge in [0.15, 0.2) is 0 Å². The summed E-state index contributed by atoms with van der Waals surface area (Å²) in [6, 6.07) is -0.748. The number of hydroxylamine groups is 3. The van der Waals surface area contributed by atoms with E-state index in [1.54, 1.807) is 0 Å². The van der Waals surface area contributed by atoms with Gasteiger partial charge in [0.05, 0.1) is 27.3 Å². The van der Waals surface area contributed by atoms with Gasteiger partial charge < -0.3 is 24.8 Å². The number of likely N-dealkylation sites (N-methyl/N-ethyl adjacent to an activating group) is 1. The van der Waals surface area contributed by atoms with Crippen molar-refractivity contribution < 1.29 is 19.6 Å². The fraction of sp³-hybridized carbons (Fsp3) is 1.00. The van der Waals surface area contributed by atoms with E-state index in [9.17, 15) is 15.4 Å². The van der Waals surface area contributed by atoms with Crippen molar-refractivity contribution in [1.29, 1.82) is 0 Å². The Labute approximate surface area is 149 Å². The fourth-order valence-electron chi connectivity index (χ4n) is 2.92. The second-order valence-electron chi connectivity index (χ2n) is 7.36. The van der Waals surface area contributed by atoms with Crippen LogP contribution in [0.3, 0.4) is 0 Å². The highest BCUT2D eigenvalue weighted by Crippen LogP contribution is 2.12. The maximum absolute atomic E-state index is 11.8. The normalized spacial score (nSPS) is 14.8. The topological polar surface area (TPSA) is 72.8 Å². The molecule has 0 aromatic rings. The Morgan fingerprint density at radius 3 is 1.75 bits per heavy atom. The lowest BCUT2D eigenvalue weighted by Gasteiger charge is -2.42. The summed E-state index contributed by atoms with van der Waals surface area (Å²) >= 11 is 0. The van der Waals surface area contributed by atoms with Gasteiger partial charge in [0.1, 0.15) is 12.1 Å². The van der Waals surface area contributed by atoms with Crippen molar-refractivity contribution in [2.45, 2.75) is 89.7 Å². The number of quaternary nitrogens is 1. The molecule has 0 radical (unpaired) electrons. The average molecular weight is 348 g/mol. The van der Waals surface area contributed by atoms with E-state index in [4.69, 9.17) is 4.74 Å². The molecule has 5 heteroatoms. The molecule has 0 aliphatic heterocycles. The van der Waals surface area contributed by atoms with Gasteiger partial charge in [0.25, 0.3) is 0 Å². The van der Waals surface area contributed by atoms with E-state index in [1.807, 2.05) is 0 Å². The lowest BCUT2D eigenvalue weighted by molar-refractivity contribution is -0.871. The van der Waals surface area contributed by atoms with E-state index in [2.05, 4.69) is 6.92 Å². The van der Waals surface area contributed by atoms with E-state index < -0.39 is 16.8 Å². The number of nitrogens with zero attached hydrogens (tertiary/aromatic N) is 1. The van der Waals surface area contributed by atoms with Crippen LogP contribution in [0.25, 0.3) is 0 Å². The van der Waals surface area contributed by atoms with Gasteiger partial charge >= 0.3 is 0 Å². The quantitative estimate of drug-likeness (QED) is 0.239. The molecule has 0 aromatic carbocycles. The number of aliphatic hydroxyl groups excluding tert-OH is 2. The lowest BCUT2D eigenvalue weighted by atomic mass is 10.1. The molecule has 2 unspecified atom stereocenters. The molecule has 0 heterocycles. The largest absolute Gasteiger partial charge is 0.633 e. The average Bonchev–Trinajstić information content (AvgIpc) is 2.51. The summed E-state index contributed by atoms with van der Waals surface area (Å²) in [4.78, 5) is 0. The summed E-state index contributed by atoms with van der Waals surface area (Å²) in [7, 11) is 2.85. The Hall–Kier alpha value is -0.200. The standard InChI is InChI=1S/C19H41NO4/c1-4-5-6-7-8-9-10-11-12-13-14-15-24-17-19(22)18(16-21)20(2,3)23/h18-19,21-22H,4-17H2,1-3H3. The molecule has 0 bridgehead atoms. The van der Waals surface area contributed by atoms with Crippen LogP contribution >= 0.6 is 0 Å². The Morgan fingerprint density at radius 1 is 0.875 bits per heavy atom. The third kappa shape index (κ3) is 13.1. The molecule has 0 saturated carbocycles. The first-order chi connectivity index (χ1) is 11.4. The highest BCUT2D eigenvalue weighted by molar-refractivity contribution is 4.68. The van der Waals surface area contributed by atoms with Crippen molar-refractivity contribution in [2.75, 3.05) is 33.9 Å². The summed E-state index contributed by atoms with van der Waals surface area (Å²) in [5.74, 6) is 0. The van der Waals surface area contributed by atoms with E-state index in [-0.39, 0.29) is 13.2 Å². The number of aliphatic hydroxyl groups is 2. The van der Waals surface area contributed by atoms with Crippen LogP contribution in [0.5, 0.6) is 0 Å². The molecular formula is C19H41NO4. The molecule has 2 N–H and O–H groups in total.